The molecule has 0 aliphatic heterocycles. The minimum absolute atomic E-state index is 0.0122. The monoisotopic (exact) mass is 424 g/mol. The minimum atomic E-state index is -0.631. The molecule has 0 unspecified atom stereocenters. The first-order chi connectivity index (χ1) is 14.6. The molecule has 0 fully saturated rings. The summed E-state index contributed by atoms with van der Waals surface area (Å²) >= 11 is 1.46. The van der Waals surface area contributed by atoms with Gasteiger partial charge in [0.1, 0.15) is 0 Å². The molecule has 2 aromatic carbocycles. The van der Waals surface area contributed by atoms with Gasteiger partial charge in [0.05, 0.1) is 19.8 Å². The third kappa shape index (κ3) is 5.30. The summed E-state index contributed by atoms with van der Waals surface area (Å²) in [4.78, 5) is 29.8. The average molecular weight is 425 g/mol. The highest BCUT2D eigenvalue weighted by Crippen LogP contribution is 2.27. The van der Waals surface area contributed by atoms with Crippen molar-refractivity contribution in [2.45, 2.75) is 31.3 Å². The van der Waals surface area contributed by atoms with Crippen molar-refractivity contribution >= 4 is 23.7 Å². The van der Waals surface area contributed by atoms with E-state index >= 15 is 0 Å². The van der Waals surface area contributed by atoms with Gasteiger partial charge in [-0.25, -0.2) is 14.6 Å². The molecule has 0 spiro atoms. The van der Waals surface area contributed by atoms with Crippen molar-refractivity contribution in [3.05, 3.63) is 83.2 Å². The summed E-state index contributed by atoms with van der Waals surface area (Å²) in [6, 6.07) is 19.7. The van der Waals surface area contributed by atoms with Gasteiger partial charge in [0, 0.05) is 5.75 Å². The summed E-state index contributed by atoms with van der Waals surface area (Å²) in [6.45, 7) is 4.22. The molecule has 1 heterocycles. The van der Waals surface area contributed by atoms with E-state index < -0.39 is 11.9 Å². The molecular weight excluding hydrogens is 400 g/mol. The van der Waals surface area contributed by atoms with Crippen LogP contribution in [0.3, 0.4) is 0 Å². The molecule has 3 aromatic rings. The predicted molar refractivity (Wildman–Crippen MR) is 116 cm³/mol. The first-order valence-electron chi connectivity index (χ1n) is 9.79. The standard InChI is InChI=1S/C23H24N2O4S/c1-3-28-21(26)19-20(22(27)29-4-2)25(15-17-11-7-5-8-12-17)23(24-19)30-16-18-13-9-6-10-14-18/h5-14H,3-4,15-16H2,1-2H3. The molecule has 0 atom stereocenters. The Morgan fingerprint density at radius 3 is 2.03 bits per heavy atom. The summed E-state index contributed by atoms with van der Waals surface area (Å²) in [5, 5.41) is 0.564. The van der Waals surface area contributed by atoms with Crippen LogP contribution in [0.25, 0.3) is 0 Å². The van der Waals surface area contributed by atoms with Crippen LogP contribution in [0.2, 0.25) is 0 Å². The number of nitrogens with zero attached hydrogens (tertiary/aromatic N) is 2. The van der Waals surface area contributed by atoms with Gasteiger partial charge in [-0.15, -0.1) is 0 Å². The Bertz CT molecular complexity index is 987. The lowest BCUT2D eigenvalue weighted by Gasteiger charge is -2.12. The van der Waals surface area contributed by atoms with Gasteiger partial charge >= 0.3 is 11.9 Å². The van der Waals surface area contributed by atoms with E-state index in [9.17, 15) is 9.59 Å². The molecule has 30 heavy (non-hydrogen) atoms. The van der Waals surface area contributed by atoms with Crippen LogP contribution in [0.5, 0.6) is 0 Å². The molecule has 0 aliphatic carbocycles. The topological polar surface area (TPSA) is 70.4 Å². The van der Waals surface area contributed by atoms with E-state index in [1.54, 1.807) is 18.4 Å². The van der Waals surface area contributed by atoms with Crippen molar-refractivity contribution in [1.29, 1.82) is 0 Å². The Kier molecular flexibility index (Phi) is 7.68. The number of carbonyl (C=O) groups is 2. The van der Waals surface area contributed by atoms with Crippen molar-refractivity contribution in [2.24, 2.45) is 0 Å². The number of benzene rings is 2. The van der Waals surface area contributed by atoms with Crippen LogP contribution in [0.4, 0.5) is 0 Å². The quantitative estimate of drug-likeness (QED) is 0.370. The highest BCUT2D eigenvalue weighted by atomic mass is 32.2. The largest absolute Gasteiger partial charge is 0.461 e. The normalized spacial score (nSPS) is 10.6. The molecule has 0 N–H and O–H groups in total. The zero-order valence-electron chi connectivity index (χ0n) is 17.0. The molecule has 0 radical (unpaired) electrons. The van der Waals surface area contributed by atoms with Gasteiger partial charge in [-0.1, -0.05) is 72.4 Å². The van der Waals surface area contributed by atoms with Crippen LogP contribution in [-0.2, 0) is 21.8 Å². The van der Waals surface area contributed by atoms with E-state index in [4.69, 9.17) is 9.47 Å². The Labute approximate surface area is 180 Å². The van der Waals surface area contributed by atoms with Gasteiger partial charge in [0.25, 0.3) is 0 Å². The predicted octanol–water partition coefficient (Wildman–Crippen LogP) is 4.58. The molecule has 1 aromatic heterocycles. The lowest BCUT2D eigenvalue weighted by molar-refractivity contribution is 0.0467. The van der Waals surface area contributed by atoms with E-state index in [0.29, 0.717) is 17.5 Å². The molecule has 0 bridgehead atoms. The summed E-state index contributed by atoms with van der Waals surface area (Å²) in [6.07, 6.45) is 0. The lowest BCUT2D eigenvalue weighted by atomic mass is 10.2. The van der Waals surface area contributed by atoms with E-state index in [1.807, 2.05) is 60.7 Å². The second-order valence-electron chi connectivity index (χ2n) is 6.38. The van der Waals surface area contributed by atoms with Crippen molar-refractivity contribution < 1.29 is 19.1 Å². The molecule has 3 rings (SSSR count). The van der Waals surface area contributed by atoms with Gasteiger partial charge < -0.3 is 14.0 Å². The van der Waals surface area contributed by atoms with Crippen LogP contribution < -0.4 is 0 Å². The number of thioether (sulfide) groups is 1. The van der Waals surface area contributed by atoms with Crippen molar-refractivity contribution in [3.63, 3.8) is 0 Å². The molecule has 0 amide bonds. The van der Waals surface area contributed by atoms with Gasteiger partial charge in [-0.2, -0.15) is 0 Å². The van der Waals surface area contributed by atoms with Gasteiger partial charge in [-0.3, -0.25) is 0 Å². The van der Waals surface area contributed by atoms with E-state index in [0.717, 1.165) is 11.1 Å². The summed E-state index contributed by atoms with van der Waals surface area (Å²) < 4.78 is 12.1. The van der Waals surface area contributed by atoms with E-state index in [-0.39, 0.29) is 24.6 Å². The second kappa shape index (κ2) is 10.6. The average Bonchev–Trinajstić information content (AvgIpc) is 3.12. The zero-order chi connectivity index (χ0) is 21.3. The van der Waals surface area contributed by atoms with Crippen LogP contribution in [0.15, 0.2) is 65.8 Å². The highest BCUT2D eigenvalue weighted by Gasteiger charge is 2.29. The maximum Gasteiger partial charge on any atom is 0.359 e. The third-order valence-electron chi connectivity index (χ3n) is 4.26. The fourth-order valence-electron chi connectivity index (χ4n) is 2.93. The molecule has 0 aliphatic rings. The first kappa shape index (κ1) is 21.6. The fraction of sp³-hybridized carbons (Fsp3) is 0.261. The first-order valence-corrected chi connectivity index (χ1v) is 10.8. The SMILES string of the molecule is CCOC(=O)c1nc(SCc2ccccc2)n(Cc2ccccc2)c1C(=O)OCC. The van der Waals surface area contributed by atoms with Crippen LogP contribution in [0, 0.1) is 0 Å². The molecular formula is C23H24N2O4S. The molecule has 156 valence electrons. The maximum atomic E-state index is 12.8. The molecule has 0 saturated carbocycles. The Hall–Kier alpha value is -3.06. The van der Waals surface area contributed by atoms with Crippen LogP contribution >= 0.6 is 11.8 Å². The second-order valence-corrected chi connectivity index (χ2v) is 7.32. The fourth-order valence-corrected chi connectivity index (χ4v) is 3.88. The van der Waals surface area contributed by atoms with Crippen molar-refractivity contribution in [3.8, 4) is 0 Å². The summed E-state index contributed by atoms with van der Waals surface area (Å²) in [5.41, 5.74) is 2.21. The van der Waals surface area contributed by atoms with Crippen LogP contribution in [0.1, 0.15) is 46.0 Å². The van der Waals surface area contributed by atoms with Gasteiger partial charge in [0.2, 0.25) is 0 Å². The number of ether oxygens (including phenoxy) is 2. The van der Waals surface area contributed by atoms with Crippen molar-refractivity contribution in [2.75, 3.05) is 13.2 Å². The third-order valence-corrected chi connectivity index (χ3v) is 5.31. The minimum Gasteiger partial charge on any atom is -0.461 e. The number of hydrogen-bond acceptors (Lipinski definition) is 6. The van der Waals surface area contributed by atoms with Gasteiger partial charge in [-0.05, 0) is 25.0 Å². The van der Waals surface area contributed by atoms with E-state index in [1.165, 1.54) is 11.8 Å². The Morgan fingerprint density at radius 1 is 0.867 bits per heavy atom. The van der Waals surface area contributed by atoms with Gasteiger partial charge in [0.15, 0.2) is 16.5 Å². The smallest absolute Gasteiger partial charge is 0.359 e. The number of esters is 2. The zero-order valence-corrected chi connectivity index (χ0v) is 17.9. The Morgan fingerprint density at radius 2 is 1.43 bits per heavy atom. The van der Waals surface area contributed by atoms with Crippen molar-refractivity contribution in [1.82, 2.24) is 9.55 Å². The molecule has 7 heteroatoms. The molecule has 0 saturated heterocycles. The summed E-state index contributed by atoms with van der Waals surface area (Å²) in [7, 11) is 0. The maximum absolute atomic E-state index is 12.8. The Balaban J connectivity index is 2.04. The highest BCUT2D eigenvalue weighted by molar-refractivity contribution is 7.98. The summed E-state index contributed by atoms with van der Waals surface area (Å²) in [5.74, 6) is -0.568. The number of hydrogen-bond donors (Lipinski definition) is 0. The number of carbonyl (C=O) groups excluding carboxylic acids is 2. The number of rotatable bonds is 9. The van der Waals surface area contributed by atoms with E-state index in [2.05, 4.69) is 4.98 Å². The lowest BCUT2D eigenvalue weighted by Crippen LogP contribution is -2.18. The number of aromatic nitrogens is 2. The van der Waals surface area contributed by atoms with Crippen LogP contribution in [-0.4, -0.2) is 34.7 Å². The number of imidazole rings is 1. The molecule has 6 nitrogen and oxygen atoms in total.